The number of para-hydroxylation sites is 1. The van der Waals surface area contributed by atoms with E-state index in [1.54, 1.807) is 43.9 Å². The lowest BCUT2D eigenvalue weighted by Gasteiger charge is -2.25. The highest BCUT2D eigenvalue weighted by atomic mass is 16.5. The minimum Gasteiger partial charge on any atom is -0.462 e. The minimum absolute atomic E-state index is 0.0954. The summed E-state index contributed by atoms with van der Waals surface area (Å²) in [5.41, 5.74) is 2.11. The number of hydrogen-bond donors (Lipinski definition) is 2. The quantitative estimate of drug-likeness (QED) is 0.533. The molecule has 3 heterocycles. The predicted octanol–water partition coefficient (Wildman–Crippen LogP) is 2.87. The Balaban J connectivity index is 1.68. The number of fused-ring (bicyclic) bond motifs is 1. The lowest BCUT2D eigenvalue weighted by Crippen LogP contribution is -2.38. The van der Waals surface area contributed by atoms with Gasteiger partial charge >= 0.3 is 5.97 Å². The van der Waals surface area contributed by atoms with Crippen LogP contribution in [0, 0.1) is 13.8 Å². The minimum atomic E-state index is -0.464. The maximum absolute atomic E-state index is 13.6. The molecule has 0 aliphatic carbocycles. The monoisotopic (exact) mass is 452 g/mol. The summed E-state index contributed by atoms with van der Waals surface area (Å²) >= 11 is 0. The number of benzene rings is 1. The summed E-state index contributed by atoms with van der Waals surface area (Å²) in [5, 5.41) is 0.494. The van der Waals surface area contributed by atoms with E-state index >= 15 is 0 Å². The van der Waals surface area contributed by atoms with Gasteiger partial charge in [0.25, 0.3) is 11.5 Å². The maximum atomic E-state index is 13.6. The van der Waals surface area contributed by atoms with E-state index in [4.69, 9.17) is 9.47 Å². The molecule has 1 saturated heterocycles. The van der Waals surface area contributed by atoms with Crippen molar-refractivity contribution in [1.82, 2.24) is 19.9 Å². The number of carbonyl (C=O) groups is 2. The molecule has 0 unspecified atom stereocenters. The number of rotatable bonds is 7. The second-order valence-corrected chi connectivity index (χ2v) is 8.20. The molecule has 1 fully saturated rings. The molecule has 33 heavy (non-hydrogen) atoms. The summed E-state index contributed by atoms with van der Waals surface area (Å²) in [6, 6.07) is 7.08. The molecule has 0 bridgehead atoms. The molecule has 1 aliphatic rings. The number of aromatic amines is 2. The summed E-state index contributed by atoms with van der Waals surface area (Å²) in [6.07, 6.45) is 1.69. The van der Waals surface area contributed by atoms with Gasteiger partial charge < -0.3 is 24.3 Å². The van der Waals surface area contributed by atoms with Crippen LogP contribution in [0.5, 0.6) is 0 Å². The number of nitrogens with zero attached hydrogens (tertiary/aromatic N) is 2. The van der Waals surface area contributed by atoms with Crippen LogP contribution >= 0.6 is 0 Å². The number of nitrogens with one attached hydrogen (secondary N) is 2. The first-order valence-corrected chi connectivity index (χ1v) is 11.1. The van der Waals surface area contributed by atoms with Gasteiger partial charge in [-0.15, -0.1) is 0 Å². The molecule has 0 radical (unpaired) electrons. The molecule has 174 valence electrons. The van der Waals surface area contributed by atoms with Crippen molar-refractivity contribution in [2.75, 3.05) is 19.8 Å². The summed E-state index contributed by atoms with van der Waals surface area (Å²) < 4.78 is 10.9. The van der Waals surface area contributed by atoms with Gasteiger partial charge in [0.2, 0.25) is 0 Å². The van der Waals surface area contributed by atoms with E-state index in [1.165, 1.54) is 0 Å². The molecule has 1 amide bonds. The third-order valence-corrected chi connectivity index (χ3v) is 5.87. The van der Waals surface area contributed by atoms with Crippen molar-refractivity contribution >= 4 is 22.8 Å². The SMILES string of the molecule is CCOC(=O)c1c(C)[nH]c(C(=O)N(Cc2nc3ccccc3c(=O)[nH]2)C[C@H]2CCCO2)c1C. The lowest BCUT2D eigenvalue weighted by molar-refractivity contribution is 0.0496. The number of aromatic nitrogens is 3. The molecule has 2 N–H and O–H groups in total. The highest BCUT2D eigenvalue weighted by Gasteiger charge is 2.29. The zero-order valence-electron chi connectivity index (χ0n) is 19.1. The van der Waals surface area contributed by atoms with Gasteiger partial charge in [-0.2, -0.15) is 0 Å². The fourth-order valence-electron chi connectivity index (χ4n) is 4.28. The van der Waals surface area contributed by atoms with Crippen molar-refractivity contribution in [2.24, 2.45) is 0 Å². The van der Waals surface area contributed by atoms with E-state index in [1.807, 2.05) is 6.07 Å². The topological polar surface area (TPSA) is 117 Å². The molecular formula is C24H28N4O5. The first-order valence-electron chi connectivity index (χ1n) is 11.1. The molecule has 1 atom stereocenters. The van der Waals surface area contributed by atoms with Crippen molar-refractivity contribution < 1.29 is 19.1 Å². The third-order valence-electron chi connectivity index (χ3n) is 5.87. The zero-order chi connectivity index (χ0) is 23.5. The number of amides is 1. The molecule has 1 aromatic carbocycles. The Bertz CT molecular complexity index is 1240. The zero-order valence-corrected chi connectivity index (χ0v) is 19.1. The van der Waals surface area contributed by atoms with Gasteiger partial charge in [0.05, 0.1) is 35.7 Å². The first-order chi connectivity index (χ1) is 15.9. The standard InChI is InChI=1S/C24H28N4O5/c1-4-32-24(31)20-14(2)21(25-15(20)3)23(30)28(12-16-8-7-11-33-16)13-19-26-18-10-6-5-9-17(18)22(29)27-19/h5-6,9-10,16,25H,4,7-8,11-13H2,1-3H3,(H,26,27,29)/t16-/m1/s1. The molecule has 9 heteroatoms. The molecule has 2 aromatic heterocycles. The van der Waals surface area contributed by atoms with Crippen LogP contribution in [0.4, 0.5) is 0 Å². The van der Waals surface area contributed by atoms with E-state index in [-0.39, 0.29) is 30.7 Å². The average Bonchev–Trinajstić information content (AvgIpc) is 3.40. The van der Waals surface area contributed by atoms with Crippen molar-refractivity contribution in [3.8, 4) is 0 Å². The van der Waals surface area contributed by atoms with E-state index in [9.17, 15) is 14.4 Å². The van der Waals surface area contributed by atoms with Crippen LogP contribution in [0.15, 0.2) is 29.1 Å². The summed E-state index contributed by atoms with van der Waals surface area (Å²) in [7, 11) is 0. The van der Waals surface area contributed by atoms with Gasteiger partial charge in [-0.3, -0.25) is 9.59 Å². The summed E-state index contributed by atoms with van der Waals surface area (Å²) in [4.78, 5) is 50.5. The van der Waals surface area contributed by atoms with Crippen LogP contribution in [0.2, 0.25) is 0 Å². The predicted molar refractivity (Wildman–Crippen MR) is 122 cm³/mol. The Kier molecular flexibility index (Phi) is 6.60. The van der Waals surface area contributed by atoms with E-state index < -0.39 is 5.97 Å². The molecule has 0 spiro atoms. The Morgan fingerprint density at radius 3 is 2.76 bits per heavy atom. The second-order valence-electron chi connectivity index (χ2n) is 8.20. The fraction of sp³-hybridized carbons (Fsp3) is 0.417. The van der Waals surface area contributed by atoms with Gasteiger partial charge in [0, 0.05) is 18.8 Å². The van der Waals surface area contributed by atoms with Crippen molar-refractivity contribution in [1.29, 1.82) is 0 Å². The van der Waals surface area contributed by atoms with Crippen LogP contribution in [-0.2, 0) is 16.0 Å². The Morgan fingerprint density at radius 1 is 1.24 bits per heavy atom. The van der Waals surface area contributed by atoms with Gasteiger partial charge in [-0.25, -0.2) is 9.78 Å². The van der Waals surface area contributed by atoms with Crippen LogP contribution in [0.3, 0.4) is 0 Å². The van der Waals surface area contributed by atoms with Crippen LogP contribution in [0.1, 0.15) is 57.7 Å². The number of ether oxygens (including phenoxy) is 2. The van der Waals surface area contributed by atoms with Gasteiger partial charge in [0.15, 0.2) is 0 Å². The molecule has 4 rings (SSSR count). The largest absolute Gasteiger partial charge is 0.462 e. The Hall–Kier alpha value is -3.46. The molecule has 9 nitrogen and oxygen atoms in total. The fourth-order valence-corrected chi connectivity index (χ4v) is 4.28. The third kappa shape index (κ3) is 4.68. The van der Waals surface area contributed by atoms with Crippen molar-refractivity contribution in [2.45, 2.75) is 46.3 Å². The van der Waals surface area contributed by atoms with Gasteiger partial charge in [0.1, 0.15) is 11.5 Å². The van der Waals surface area contributed by atoms with Gasteiger partial charge in [-0.05, 0) is 51.3 Å². The smallest absolute Gasteiger partial charge is 0.340 e. The van der Waals surface area contributed by atoms with Crippen molar-refractivity contribution in [3.63, 3.8) is 0 Å². The molecular weight excluding hydrogens is 424 g/mol. The summed E-state index contributed by atoms with van der Waals surface area (Å²) in [6.45, 7) is 6.56. The van der Waals surface area contributed by atoms with Crippen molar-refractivity contribution in [3.05, 3.63) is 63.0 Å². The maximum Gasteiger partial charge on any atom is 0.340 e. The number of carbonyl (C=O) groups excluding carboxylic acids is 2. The molecule has 3 aromatic rings. The number of hydrogen-bond acceptors (Lipinski definition) is 6. The molecule has 0 saturated carbocycles. The second kappa shape index (κ2) is 9.58. The Morgan fingerprint density at radius 2 is 2.03 bits per heavy atom. The average molecular weight is 453 g/mol. The van der Waals surface area contributed by atoms with E-state index in [2.05, 4.69) is 15.0 Å². The Labute approximate surface area is 191 Å². The normalized spacial score (nSPS) is 15.7. The van der Waals surface area contributed by atoms with Gasteiger partial charge in [-0.1, -0.05) is 12.1 Å². The van der Waals surface area contributed by atoms with Crippen LogP contribution < -0.4 is 5.56 Å². The van der Waals surface area contributed by atoms with Crippen LogP contribution in [0.25, 0.3) is 10.9 Å². The van der Waals surface area contributed by atoms with Crippen LogP contribution in [-0.4, -0.2) is 57.6 Å². The lowest BCUT2D eigenvalue weighted by atomic mass is 10.1. The summed E-state index contributed by atoms with van der Waals surface area (Å²) in [5.74, 6) is -0.372. The number of esters is 1. The highest BCUT2D eigenvalue weighted by Crippen LogP contribution is 2.23. The highest BCUT2D eigenvalue weighted by molar-refractivity contribution is 6.00. The first kappa shape index (κ1) is 22.7. The molecule has 1 aliphatic heterocycles. The number of aryl methyl sites for hydroxylation is 1. The van der Waals surface area contributed by atoms with E-state index in [0.717, 1.165) is 12.8 Å². The van der Waals surface area contributed by atoms with E-state index in [0.29, 0.717) is 52.4 Å². The number of H-pyrrole nitrogens is 2.